The van der Waals surface area contributed by atoms with Crippen molar-refractivity contribution < 1.29 is 14.7 Å². The van der Waals surface area contributed by atoms with E-state index in [2.05, 4.69) is 19.0 Å². The summed E-state index contributed by atoms with van der Waals surface area (Å²) < 4.78 is 12.4. The van der Waals surface area contributed by atoms with E-state index < -0.39 is 0 Å². The Kier molecular flexibility index (Phi) is 3.77. The number of hydrogen-bond donors (Lipinski definition) is 1. The summed E-state index contributed by atoms with van der Waals surface area (Å²) in [5.41, 5.74) is 1.78. The van der Waals surface area contributed by atoms with Gasteiger partial charge in [-0.3, -0.25) is 0 Å². The van der Waals surface area contributed by atoms with Crippen LogP contribution in [0.3, 0.4) is 0 Å². The molecule has 0 bridgehead atoms. The van der Waals surface area contributed by atoms with Gasteiger partial charge in [0.2, 0.25) is 0 Å². The van der Waals surface area contributed by atoms with Crippen molar-refractivity contribution in [3.63, 3.8) is 0 Å². The van der Waals surface area contributed by atoms with Crippen LogP contribution in [0.5, 0.6) is 0 Å². The molecule has 8 atom stereocenters. The third-order valence-corrected chi connectivity index (χ3v) is 9.03. The third-order valence-electron chi connectivity index (χ3n) is 9.03. The summed E-state index contributed by atoms with van der Waals surface area (Å²) in [6.07, 6.45) is 10.5. The van der Waals surface area contributed by atoms with Gasteiger partial charge in [-0.15, -0.1) is 0 Å². The van der Waals surface area contributed by atoms with E-state index in [-0.39, 0.29) is 17.6 Å². The fourth-order valence-electron chi connectivity index (χ4n) is 7.84. The van der Waals surface area contributed by atoms with Crippen molar-refractivity contribution >= 4 is 5.71 Å². The molecule has 25 heavy (non-hydrogen) atoms. The largest absolute Gasteiger partial charge is 0.411 e. The normalized spacial score (nSPS) is 56.6. The van der Waals surface area contributed by atoms with E-state index in [1.165, 1.54) is 38.5 Å². The maximum absolute atomic E-state index is 9.92. The van der Waals surface area contributed by atoms with Gasteiger partial charge in [0, 0.05) is 11.8 Å². The molecule has 4 heteroatoms. The highest BCUT2D eigenvalue weighted by molar-refractivity contribution is 5.88. The molecule has 5 rings (SSSR count). The SMILES string of the molecule is C[C@]12CC[C@H]3[C@@H](/C(=N/O)C[C@H]4CCCC[C@@]43C)[C@@H]1C1OCCOC1C2. The standard InChI is InChI=1S/C21H33NO3/c1-20-8-6-14-17(18(20)19-16(12-20)24-9-10-25-19)15(22-23)11-13-5-3-4-7-21(13,14)2/h13-14,16-19,23H,3-12H2,1-2H3/b22-15+/t13-,14+,16?,17+,18-,19?,20-,21+/m1/s1. The molecule has 0 spiro atoms. The van der Waals surface area contributed by atoms with Crippen molar-refractivity contribution in [1.82, 2.24) is 0 Å². The van der Waals surface area contributed by atoms with Crippen LogP contribution in [0, 0.1) is 34.5 Å². The molecule has 4 saturated carbocycles. The summed E-state index contributed by atoms with van der Waals surface area (Å²) in [7, 11) is 0. The van der Waals surface area contributed by atoms with Gasteiger partial charge in [-0.1, -0.05) is 31.8 Å². The molecule has 0 aromatic heterocycles. The lowest BCUT2D eigenvalue weighted by Gasteiger charge is -2.60. The Morgan fingerprint density at radius 3 is 2.76 bits per heavy atom. The summed E-state index contributed by atoms with van der Waals surface area (Å²) >= 11 is 0. The monoisotopic (exact) mass is 347 g/mol. The fraction of sp³-hybridized carbons (Fsp3) is 0.952. The predicted octanol–water partition coefficient (Wildman–Crippen LogP) is 4.25. The predicted molar refractivity (Wildman–Crippen MR) is 95.8 cm³/mol. The summed E-state index contributed by atoms with van der Waals surface area (Å²) in [4.78, 5) is 0. The minimum absolute atomic E-state index is 0.201. The highest BCUT2D eigenvalue weighted by Crippen LogP contribution is 2.66. The molecular formula is C21H33NO3. The quantitative estimate of drug-likeness (QED) is 0.526. The molecule has 1 N–H and O–H groups in total. The first-order valence-corrected chi connectivity index (χ1v) is 10.5. The summed E-state index contributed by atoms with van der Waals surface area (Å²) in [6, 6.07) is 0. The minimum atomic E-state index is 0.201. The molecule has 0 radical (unpaired) electrons. The molecule has 4 nitrogen and oxygen atoms in total. The highest BCUT2D eigenvalue weighted by atomic mass is 16.6. The lowest BCUT2D eigenvalue weighted by atomic mass is 9.45. The molecule has 0 aromatic carbocycles. The van der Waals surface area contributed by atoms with Crippen LogP contribution < -0.4 is 0 Å². The van der Waals surface area contributed by atoms with Gasteiger partial charge >= 0.3 is 0 Å². The third kappa shape index (κ3) is 2.22. The minimum Gasteiger partial charge on any atom is -0.411 e. The van der Waals surface area contributed by atoms with Gasteiger partial charge in [0.1, 0.15) is 0 Å². The number of ether oxygens (including phenoxy) is 2. The van der Waals surface area contributed by atoms with Crippen LogP contribution in [0.1, 0.15) is 65.2 Å². The lowest BCUT2D eigenvalue weighted by Crippen LogP contribution is -2.58. The number of hydrogen-bond acceptors (Lipinski definition) is 4. The Balaban J connectivity index is 1.56. The van der Waals surface area contributed by atoms with E-state index in [4.69, 9.17) is 9.47 Å². The summed E-state index contributed by atoms with van der Waals surface area (Å²) in [5.74, 6) is 2.21. The van der Waals surface area contributed by atoms with Crippen LogP contribution in [-0.2, 0) is 9.47 Å². The van der Waals surface area contributed by atoms with E-state index >= 15 is 0 Å². The Morgan fingerprint density at radius 2 is 1.92 bits per heavy atom. The van der Waals surface area contributed by atoms with Crippen molar-refractivity contribution in [3.05, 3.63) is 0 Å². The van der Waals surface area contributed by atoms with Crippen LogP contribution in [-0.4, -0.2) is 36.3 Å². The van der Waals surface area contributed by atoms with Gasteiger partial charge in [0.15, 0.2) is 0 Å². The topological polar surface area (TPSA) is 51.1 Å². The molecule has 0 aromatic rings. The summed E-state index contributed by atoms with van der Waals surface area (Å²) in [5, 5.41) is 13.8. The van der Waals surface area contributed by atoms with E-state index in [9.17, 15) is 5.21 Å². The maximum atomic E-state index is 9.92. The first kappa shape index (κ1) is 16.6. The molecular weight excluding hydrogens is 314 g/mol. The Hall–Kier alpha value is -0.610. The van der Waals surface area contributed by atoms with Gasteiger partial charge in [-0.05, 0) is 61.2 Å². The average molecular weight is 347 g/mol. The molecule has 140 valence electrons. The van der Waals surface area contributed by atoms with Crippen molar-refractivity contribution in [2.24, 2.45) is 39.7 Å². The van der Waals surface area contributed by atoms with Crippen LogP contribution in [0.15, 0.2) is 5.16 Å². The maximum Gasteiger partial charge on any atom is 0.0877 e. The van der Waals surface area contributed by atoms with Gasteiger partial charge in [0.25, 0.3) is 0 Å². The van der Waals surface area contributed by atoms with E-state index in [1.54, 1.807) is 0 Å². The summed E-state index contributed by atoms with van der Waals surface area (Å²) in [6.45, 7) is 6.45. The van der Waals surface area contributed by atoms with Gasteiger partial charge in [-0.2, -0.15) is 0 Å². The Labute approximate surface area is 151 Å². The second kappa shape index (κ2) is 5.69. The molecule has 0 amide bonds. The molecule has 1 aliphatic heterocycles. The molecule has 1 saturated heterocycles. The Morgan fingerprint density at radius 1 is 1.08 bits per heavy atom. The first-order chi connectivity index (χ1) is 12.1. The smallest absolute Gasteiger partial charge is 0.0877 e. The van der Waals surface area contributed by atoms with Gasteiger partial charge in [0.05, 0.1) is 31.1 Å². The zero-order chi connectivity index (χ0) is 17.2. The van der Waals surface area contributed by atoms with Crippen molar-refractivity contribution in [2.45, 2.75) is 77.4 Å². The molecule has 2 unspecified atom stereocenters. The van der Waals surface area contributed by atoms with Crippen molar-refractivity contribution in [2.75, 3.05) is 13.2 Å². The number of nitrogens with zero attached hydrogens (tertiary/aromatic N) is 1. The van der Waals surface area contributed by atoms with Crippen LogP contribution in [0.4, 0.5) is 0 Å². The van der Waals surface area contributed by atoms with Gasteiger partial charge < -0.3 is 14.7 Å². The van der Waals surface area contributed by atoms with Crippen molar-refractivity contribution in [1.29, 1.82) is 0 Å². The molecule has 1 heterocycles. The van der Waals surface area contributed by atoms with Crippen LogP contribution in [0.25, 0.3) is 0 Å². The zero-order valence-electron chi connectivity index (χ0n) is 15.7. The van der Waals surface area contributed by atoms with E-state index in [1.807, 2.05) is 0 Å². The highest BCUT2D eigenvalue weighted by Gasteiger charge is 2.64. The second-order valence-electron chi connectivity index (χ2n) is 10.0. The van der Waals surface area contributed by atoms with Crippen LogP contribution >= 0.6 is 0 Å². The second-order valence-corrected chi connectivity index (χ2v) is 10.0. The van der Waals surface area contributed by atoms with Gasteiger partial charge in [-0.25, -0.2) is 0 Å². The zero-order valence-corrected chi connectivity index (χ0v) is 15.7. The average Bonchev–Trinajstić information content (AvgIpc) is 2.93. The number of rotatable bonds is 0. The van der Waals surface area contributed by atoms with Crippen LogP contribution in [0.2, 0.25) is 0 Å². The Bertz CT molecular complexity index is 577. The lowest BCUT2D eigenvalue weighted by molar-refractivity contribution is -0.155. The van der Waals surface area contributed by atoms with Crippen molar-refractivity contribution in [3.8, 4) is 0 Å². The fourth-order valence-corrected chi connectivity index (χ4v) is 7.84. The number of fused-ring (bicyclic) bond motifs is 7. The molecule has 5 fully saturated rings. The molecule has 5 aliphatic rings. The van der Waals surface area contributed by atoms with E-state index in [0.29, 0.717) is 29.1 Å². The first-order valence-electron chi connectivity index (χ1n) is 10.5. The molecule has 4 aliphatic carbocycles. The van der Waals surface area contributed by atoms with E-state index in [0.717, 1.165) is 31.8 Å². The number of oxime groups is 1.